The predicted molar refractivity (Wildman–Crippen MR) is 51.9 cm³/mol. The molecular weight excluding hydrogens is 172 g/mol. The second kappa shape index (κ2) is 4.17. The van der Waals surface area contributed by atoms with Gasteiger partial charge in [-0.15, -0.1) is 0 Å². The van der Waals surface area contributed by atoms with E-state index in [4.69, 9.17) is 16.3 Å². The summed E-state index contributed by atoms with van der Waals surface area (Å²) in [6.45, 7) is 6.03. The highest BCUT2D eigenvalue weighted by atomic mass is 35.5. The molecule has 0 bridgehead atoms. The molecule has 0 N–H and O–H groups in total. The van der Waals surface area contributed by atoms with Gasteiger partial charge in [-0.2, -0.15) is 0 Å². The monoisotopic (exact) mass is 182 g/mol. The Balaban J connectivity index is 2.75. The van der Waals surface area contributed by atoms with Crippen LogP contribution >= 0.6 is 11.6 Å². The Labute approximate surface area is 77.6 Å². The van der Waals surface area contributed by atoms with Crippen molar-refractivity contribution in [1.82, 2.24) is 0 Å². The first-order valence-electron chi connectivity index (χ1n) is 3.74. The summed E-state index contributed by atoms with van der Waals surface area (Å²) in [6.07, 6.45) is 1.70. The van der Waals surface area contributed by atoms with Crippen molar-refractivity contribution in [3.8, 4) is 5.75 Å². The van der Waals surface area contributed by atoms with Crippen LogP contribution in [0.5, 0.6) is 5.75 Å². The molecule has 0 aliphatic rings. The summed E-state index contributed by atoms with van der Waals surface area (Å²) in [7, 11) is 0. The minimum atomic E-state index is 0.513. The van der Waals surface area contributed by atoms with Crippen molar-refractivity contribution < 1.29 is 4.74 Å². The molecule has 0 spiro atoms. The van der Waals surface area contributed by atoms with E-state index in [1.54, 1.807) is 12.1 Å². The molecule has 0 unspecified atom stereocenters. The number of hydrogen-bond donors (Lipinski definition) is 0. The molecule has 0 atom stereocenters. The molecule has 0 amide bonds. The summed E-state index contributed by atoms with van der Waals surface area (Å²) >= 11 is 5.89. The standard InChI is InChI=1S/C10H11ClO/c1-3-6-12-9-5-4-8(2)10(11)7-9/h3-5,7H,1,6H2,2H3. The number of rotatable bonds is 3. The Morgan fingerprint density at radius 2 is 2.33 bits per heavy atom. The van der Waals surface area contributed by atoms with Gasteiger partial charge in [0, 0.05) is 5.02 Å². The number of aryl methyl sites for hydroxylation is 1. The largest absolute Gasteiger partial charge is 0.490 e. The van der Waals surface area contributed by atoms with Gasteiger partial charge >= 0.3 is 0 Å². The van der Waals surface area contributed by atoms with Crippen molar-refractivity contribution in [3.05, 3.63) is 41.4 Å². The van der Waals surface area contributed by atoms with Crippen molar-refractivity contribution >= 4 is 11.6 Å². The van der Waals surface area contributed by atoms with Gasteiger partial charge in [-0.05, 0) is 24.6 Å². The summed E-state index contributed by atoms with van der Waals surface area (Å²) in [6, 6.07) is 5.63. The molecule has 0 aliphatic carbocycles. The first kappa shape index (κ1) is 9.14. The fourth-order valence-electron chi connectivity index (χ4n) is 0.819. The van der Waals surface area contributed by atoms with E-state index in [1.807, 2.05) is 19.1 Å². The lowest BCUT2D eigenvalue weighted by atomic mass is 10.2. The quantitative estimate of drug-likeness (QED) is 0.653. The SMILES string of the molecule is C=CCOc1ccc(C)c(Cl)c1. The van der Waals surface area contributed by atoms with Crippen molar-refractivity contribution in [2.45, 2.75) is 6.92 Å². The summed E-state index contributed by atoms with van der Waals surface area (Å²) < 4.78 is 5.29. The molecule has 0 saturated carbocycles. The zero-order valence-corrected chi connectivity index (χ0v) is 7.77. The fraction of sp³-hybridized carbons (Fsp3) is 0.200. The molecule has 0 aromatic heterocycles. The number of benzene rings is 1. The normalized spacial score (nSPS) is 9.50. The lowest BCUT2D eigenvalue weighted by Crippen LogP contribution is -1.92. The van der Waals surface area contributed by atoms with Gasteiger partial charge in [-0.25, -0.2) is 0 Å². The van der Waals surface area contributed by atoms with E-state index in [0.717, 1.165) is 16.3 Å². The molecule has 2 heteroatoms. The summed E-state index contributed by atoms with van der Waals surface area (Å²) in [5.74, 6) is 0.783. The lowest BCUT2D eigenvalue weighted by molar-refractivity contribution is 0.363. The molecule has 0 fully saturated rings. The Morgan fingerprint density at radius 3 is 2.92 bits per heavy atom. The molecular formula is C10H11ClO. The molecule has 12 heavy (non-hydrogen) atoms. The zero-order valence-electron chi connectivity index (χ0n) is 7.01. The van der Waals surface area contributed by atoms with E-state index in [0.29, 0.717) is 6.61 Å². The molecule has 0 saturated heterocycles. The highest BCUT2D eigenvalue weighted by Crippen LogP contribution is 2.21. The minimum absolute atomic E-state index is 0.513. The average Bonchev–Trinajstić information content (AvgIpc) is 2.07. The maximum Gasteiger partial charge on any atom is 0.121 e. The molecule has 1 aromatic carbocycles. The van der Waals surface area contributed by atoms with Gasteiger partial charge in [0.15, 0.2) is 0 Å². The molecule has 1 aromatic rings. The third kappa shape index (κ3) is 2.28. The van der Waals surface area contributed by atoms with E-state index < -0.39 is 0 Å². The number of halogens is 1. The first-order valence-corrected chi connectivity index (χ1v) is 4.11. The number of hydrogen-bond acceptors (Lipinski definition) is 1. The van der Waals surface area contributed by atoms with Crippen molar-refractivity contribution in [1.29, 1.82) is 0 Å². The highest BCUT2D eigenvalue weighted by molar-refractivity contribution is 6.31. The van der Waals surface area contributed by atoms with Crippen LogP contribution in [0.25, 0.3) is 0 Å². The van der Waals surface area contributed by atoms with E-state index in [-0.39, 0.29) is 0 Å². The van der Waals surface area contributed by atoms with Gasteiger partial charge in [0.1, 0.15) is 12.4 Å². The van der Waals surface area contributed by atoms with Crippen LogP contribution in [-0.4, -0.2) is 6.61 Å². The lowest BCUT2D eigenvalue weighted by Gasteiger charge is -2.04. The number of ether oxygens (including phenoxy) is 1. The van der Waals surface area contributed by atoms with E-state index in [2.05, 4.69) is 6.58 Å². The summed E-state index contributed by atoms with van der Waals surface area (Å²) in [4.78, 5) is 0. The second-order valence-corrected chi connectivity index (χ2v) is 2.92. The average molecular weight is 183 g/mol. The van der Waals surface area contributed by atoms with Gasteiger partial charge in [-0.1, -0.05) is 30.3 Å². The molecule has 0 heterocycles. The van der Waals surface area contributed by atoms with Crippen molar-refractivity contribution in [2.24, 2.45) is 0 Å². The van der Waals surface area contributed by atoms with Crippen LogP contribution in [-0.2, 0) is 0 Å². The summed E-state index contributed by atoms with van der Waals surface area (Å²) in [5, 5.41) is 0.733. The van der Waals surface area contributed by atoms with Gasteiger partial charge in [0.25, 0.3) is 0 Å². The summed E-state index contributed by atoms with van der Waals surface area (Å²) in [5.41, 5.74) is 1.06. The Bertz CT molecular complexity index is 281. The van der Waals surface area contributed by atoms with Crippen LogP contribution in [0, 0.1) is 6.92 Å². The van der Waals surface area contributed by atoms with Gasteiger partial charge in [-0.3, -0.25) is 0 Å². The van der Waals surface area contributed by atoms with Crippen LogP contribution in [0.1, 0.15) is 5.56 Å². The fourth-order valence-corrected chi connectivity index (χ4v) is 0.989. The van der Waals surface area contributed by atoms with Crippen LogP contribution in [0.2, 0.25) is 5.02 Å². The van der Waals surface area contributed by atoms with E-state index in [1.165, 1.54) is 0 Å². The van der Waals surface area contributed by atoms with Gasteiger partial charge in [0.2, 0.25) is 0 Å². The van der Waals surface area contributed by atoms with Crippen LogP contribution in [0.15, 0.2) is 30.9 Å². The van der Waals surface area contributed by atoms with Crippen LogP contribution in [0.4, 0.5) is 0 Å². The maximum absolute atomic E-state index is 5.89. The van der Waals surface area contributed by atoms with Crippen molar-refractivity contribution in [2.75, 3.05) is 6.61 Å². The molecule has 1 nitrogen and oxygen atoms in total. The van der Waals surface area contributed by atoms with Gasteiger partial charge in [0.05, 0.1) is 0 Å². The second-order valence-electron chi connectivity index (χ2n) is 2.51. The maximum atomic E-state index is 5.89. The smallest absolute Gasteiger partial charge is 0.121 e. The molecule has 1 rings (SSSR count). The first-order chi connectivity index (χ1) is 5.74. The van der Waals surface area contributed by atoms with E-state index in [9.17, 15) is 0 Å². The predicted octanol–water partition coefficient (Wildman–Crippen LogP) is 3.21. The molecule has 0 aliphatic heterocycles. The van der Waals surface area contributed by atoms with E-state index >= 15 is 0 Å². The third-order valence-electron chi connectivity index (χ3n) is 1.51. The molecule has 64 valence electrons. The van der Waals surface area contributed by atoms with Crippen LogP contribution in [0.3, 0.4) is 0 Å². The molecule has 0 radical (unpaired) electrons. The van der Waals surface area contributed by atoms with Crippen LogP contribution < -0.4 is 4.74 Å². The topological polar surface area (TPSA) is 9.23 Å². The van der Waals surface area contributed by atoms with Crippen molar-refractivity contribution in [3.63, 3.8) is 0 Å². The Morgan fingerprint density at radius 1 is 1.58 bits per heavy atom. The Hall–Kier alpha value is -0.950. The minimum Gasteiger partial charge on any atom is -0.490 e. The third-order valence-corrected chi connectivity index (χ3v) is 1.92. The van der Waals surface area contributed by atoms with Gasteiger partial charge < -0.3 is 4.74 Å². The Kier molecular flexibility index (Phi) is 3.18. The highest BCUT2D eigenvalue weighted by Gasteiger charge is 1.96. The zero-order chi connectivity index (χ0) is 8.97.